The van der Waals surface area contributed by atoms with Crippen molar-refractivity contribution in [3.8, 4) is 17.2 Å². The van der Waals surface area contributed by atoms with Gasteiger partial charge in [0.2, 0.25) is 5.91 Å². The third kappa shape index (κ3) is 3.29. The van der Waals surface area contributed by atoms with Crippen LogP contribution < -0.4 is 15.6 Å². The third-order valence-electron chi connectivity index (χ3n) is 5.79. The summed E-state index contributed by atoms with van der Waals surface area (Å²) in [6.45, 7) is 0.394. The van der Waals surface area contributed by atoms with Crippen molar-refractivity contribution < 1.29 is 24.9 Å². The summed E-state index contributed by atoms with van der Waals surface area (Å²) in [4.78, 5) is 14.9. The second-order valence-electron chi connectivity index (χ2n) is 7.37. The van der Waals surface area contributed by atoms with Crippen molar-refractivity contribution in [1.29, 1.82) is 0 Å². The van der Waals surface area contributed by atoms with Crippen LogP contribution in [-0.4, -0.2) is 52.4 Å². The molecule has 29 heavy (non-hydrogen) atoms. The average Bonchev–Trinajstić information content (AvgIpc) is 3.26. The van der Waals surface area contributed by atoms with Crippen LogP contribution in [-0.2, 0) is 4.79 Å². The number of methoxy groups -OCH3 is 1. The van der Waals surface area contributed by atoms with Gasteiger partial charge < -0.3 is 25.0 Å². The van der Waals surface area contributed by atoms with Crippen molar-refractivity contribution in [2.24, 2.45) is 5.92 Å². The van der Waals surface area contributed by atoms with Crippen molar-refractivity contribution in [2.45, 2.75) is 24.5 Å². The molecule has 0 aromatic heterocycles. The minimum Gasteiger partial charge on any atom is -0.508 e. The summed E-state index contributed by atoms with van der Waals surface area (Å²) in [6, 6.07) is 11.1. The van der Waals surface area contributed by atoms with Gasteiger partial charge in [-0.15, -0.1) is 0 Å². The Labute approximate surface area is 168 Å². The molecule has 2 saturated heterocycles. The van der Waals surface area contributed by atoms with Crippen LogP contribution in [0.15, 0.2) is 42.5 Å². The van der Waals surface area contributed by atoms with E-state index < -0.39 is 6.04 Å². The predicted molar refractivity (Wildman–Crippen MR) is 105 cm³/mol. The summed E-state index contributed by atoms with van der Waals surface area (Å²) in [5, 5.41) is 29.7. The number of rotatable bonds is 6. The molecule has 0 radical (unpaired) electrons. The van der Waals surface area contributed by atoms with E-state index in [0.717, 1.165) is 5.56 Å². The van der Waals surface area contributed by atoms with Gasteiger partial charge in [-0.3, -0.25) is 4.79 Å². The fraction of sp³-hybridized carbons (Fsp3) is 0.381. The molecule has 2 heterocycles. The zero-order valence-corrected chi connectivity index (χ0v) is 16.1. The molecule has 4 atom stereocenters. The van der Waals surface area contributed by atoms with Gasteiger partial charge in [0.05, 0.1) is 19.2 Å². The second-order valence-corrected chi connectivity index (χ2v) is 7.37. The number of benzene rings is 2. The van der Waals surface area contributed by atoms with Crippen LogP contribution in [0.1, 0.15) is 29.6 Å². The highest BCUT2D eigenvalue weighted by atomic mass is 16.5. The highest BCUT2D eigenvalue weighted by Gasteiger charge is 2.55. The number of para-hydroxylation sites is 1. The zero-order valence-electron chi connectivity index (χ0n) is 16.1. The number of hydrazine groups is 1. The van der Waals surface area contributed by atoms with E-state index in [4.69, 9.17) is 4.74 Å². The smallest absolute Gasteiger partial charge is 0.242 e. The maximum absolute atomic E-state index is 13.2. The monoisotopic (exact) mass is 399 g/mol. The first-order valence-corrected chi connectivity index (χ1v) is 9.64. The lowest BCUT2D eigenvalue weighted by Crippen LogP contribution is -2.41. The number of carbonyl (C=O) groups excluding carboxylic acids is 1. The number of ether oxygens (including phenoxy) is 1. The number of aromatic hydroxyl groups is 2. The van der Waals surface area contributed by atoms with Crippen LogP contribution in [0.5, 0.6) is 17.2 Å². The first-order valence-electron chi connectivity index (χ1n) is 9.64. The molecule has 2 aromatic rings. The fourth-order valence-electron chi connectivity index (χ4n) is 4.49. The number of nitrogens with zero attached hydrogens (tertiary/aromatic N) is 1. The van der Waals surface area contributed by atoms with Gasteiger partial charge in [0.1, 0.15) is 11.8 Å². The lowest BCUT2D eigenvalue weighted by molar-refractivity contribution is -0.130. The largest absolute Gasteiger partial charge is 0.508 e. The molecule has 0 aliphatic carbocycles. The van der Waals surface area contributed by atoms with Gasteiger partial charge >= 0.3 is 0 Å². The molecule has 2 aromatic carbocycles. The highest BCUT2D eigenvalue weighted by Crippen LogP contribution is 2.49. The standard InChI is InChI=1S/C21H25N3O5/c1-29-16-11-12(7-8-15(16)27)20-17-18(13-5-2-3-6-14(13)26)22-23-19(17)21(28)24(20)9-4-10-25/h2-3,5-8,11,17-20,22-23,25-27H,4,9-10H2,1H3. The van der Waals surface area contributed by atoms with E-state index in [1.807, 2.05) is 12.1 Å². The molecule has 4 unspecified atom stereocenters. The van der Waals surface area contributed by atoms with Crippen molar-refractivity contribution in [3.05, 3.63) is 53.6 Å². The van der Waals surface area contributed by atoms with Gasteiger partial charge in [-0.05, 0) is 30.2 Å². The number of carbonyl (C=O) groups is 1. The molecule has 2 aliphatic heterocycles. The number of likely N-dealkylation sites (tertiary alicyclic amines) is 1. The second kappa shape index (κ2) is 7.90. The third-order valence-corrected chi connectivity index (χ3v) is 5.79. The van der Waals surface area contributed by atoms with E-state index in [-0.39, 0.29) is 42.0 Å². The molecule has 154 valence electrons. The lowest BCUT2D eigenvalue weighted by atomic mass is 9.83. The van der Waals surface area contributed by atoms with Gasteiger partial charge in [0.15, 0.2) is 11.5 Å². The Morgan fingerprint density at radius 1 is 1.07 bits per heavy atom. The number of phenols is 2. The molecule has 8 heteroatoms. The first kappa shape index (κ1) is 19.5. The maximum Gasteiger partial charge on any atom is 0.242 e. The van der Waals surface area contributed by atoms with Gasteiger partial charge in [0.25, 0.3) is 0 Å². The number of phenolic OH excluding ortho intramolecular Hbond substituents is 2. The van der Waals surface area contributed by atoms with Gasteiger partial charge in [-0.1, -0.05) is 24.3 Å². The van der Waals surface area contributed by atoms with Crippen LogP contribution >= 0.6 is 0 Å². The van der Waals surface area contributed by atoms with Crippen molar-refractivity contribution in [3.63, 3.8) is 0 Å². The molecule has 1 amide bonds. The van der Waals surface area contributed by atoms with Crippen LogP contribution in [0, 0.1) is 5.92 Å². The van der Waals surface area contributed by atoms with Crippen molar-refractivity contribution >= 4 is 5.91 Å². The summed E-state index contributed by atoms with van der Waals surface area (Å²) < 4.78 is 5.27. The van der Waals surface area contributed by atoms with Gasteiger partial charge in [-0.2, -0.15) is 0 Å². The maximum atomic E-state index is 13.2. The zero-order chi connectivity index (χ0) is 20.5. The number of fused-ring (bicyclic) bond motifs is 1. The molecule has 2 aliphatic rings. The molecule has 0 spiro atoms. The van der Waals surface area contributed by atoms with E-state index in [2.05, 4.69) is 10.9 Å². The predicted octanol–water partition coefficient (Wildman–Crippen LogP) is 1.21. The van der Waals surface area contributed by atoms with Crippen LogP contribution in [0.3, 0.4) is 0 Å². The Bertz CT molecular complexity index is 906. The molecule has 5 N–H and O–H groups in total. The molecule has 8 nitrogen and oxygen atoms in total. The van der Waals surface area contributed by atoms with Crippen molar-refractivity contribution in [1.82, 2.24) is 15.8 Å². The summed E-state index contributed by atoms with van der Waals surface area (Å²) in [7, 11) is 1.48. The number of hydrogen-bond acceptors (Lipinski definition) is 7. The van der Waals surface area contributed by atoms with E-state index >= 15 is 0 Å². The molecular formula is C21H25N3O5. The normalized spacial score (nSPS) is 26.0. The Hall–Kier alpha value is -2.81. The van der Waals surface area contributed by atoms with E-state index in [9.17, 15) is 20.1 Å². The SMILES string of the molecule is COc1cc(C2C3C(NNC3c3ccccc3O)C(=O)N2CCCO)ccc1O. The Morgan fingerprint density at radius 2 is 1.83 bits per heavy atom. The first-order chi connectivity index (χ1) is 14.1. The summed E-state index contributed by atoms with van der Waals surface area (Å²) in [5.41, 5.74) is 7.80. The highest BCUT2D eigenvalue weighted by molar-refractivity contribution is 5.86. The van der Waals surface area contributed by atoms with E-state index in [1.165, 1.54) is 7.11 Å². The minimum absolute atomic E-state index is 0.0146. The fourth-order valence-corrected chi connectivity index (χ4v) is 4.49. The number of aliphatic hydroxyl groups excluding tert-OH is 1. The topological polar surface area (TPSA) is 114 Å². The summed E-state index contributed by atoms with van der Waals surface area (Å²) in [5.74, 6) is 0.253. The Morgan fingerprint density at radius 3 is 2.55 bits per heavy atom. The number of nitrogens with one attached hydrogen (secondary N) is 2. The molecule has 4 rings (SSSR count). The number of hydrogen-bond donors (Lipinski definition) is 5. The Balaban J connectivity index is 1.79. The number of aliphatic hydroxyl groups is 1. The summed E-state index contributed by atoms with van der Waals surface area (Å²) in [6.07, 6.45) is 0.464. The lowest BCUT2D eigenvalue weighted by Gasteiger charge is -2.31. The number of amides is 1. The average molecular weight is 399 g/mol. The van der Waals surface area contributed by atoms with Crippen molar-refractivity contribution in [2.75, 3.05) is 20.3 Å². The quantitative estimate of drug-likeness (QED) is 0.496. The van der Waals surface area contributed by atoms with Gasteiger partial charge in [0, 0.05) is 24.6 Å². The van der Waals surface area contributed by atoms with E-state index in [1.54, 1.807) is 35.2 Å². The molecule has 0 saturated carbocycles. The molecule has 0 bridgehead atoms. The molecule has 2 fully saturated rings. The van der Waals surface area contributed by atoms with Crippen LogP contribution in [0.25, 0.3) is 0 Å². The minimum atomic E-state index is -0.469. The van der Waals surface area contributed by atoms with E-state index in [0.29, 0.717) is 24.3 Å². The van der Waals surface area contributed by atoms with Crippen LogP contribution in [0.2, 0.25) is 0 Å². The Kier molecular flexibility index (Phi) is 5.31. The van der Waals surface area contributed by atoms with Crippen LogP contribution in [0.4, 0.5) is 0 Å². The summed E-state index contributed by atoms with van der Waals surface area (Å²) >= 11 is 0. The molecular weight excluding hydrogens is 374 g/mol. The van der Waals surface area contributed by atoms with Gasteiger partial charge in [-0.25, -0.2) is 10.9 Å².